The van der Waals surface area contributed by atoms with Gasteiger partial charge in [0.2, 0.25) is 11.8 Å². The van der Waals surface area contributed by atoms with Crippen LogP contribution >= 0.6 is 0 Å². The van der Waals surface area contributed by atoms with Gasteiger partial charge in [-0.05, 0) is 208 Å². The van der Waals surface area contributed by atoms with E-state index in [1.54, 1.807) is 16.4 Å². The minimum absolute atomic E-state index is 0.0377. The number of carbonyl (C=O) groups excluding carboxylic acids is 5. The van der Waals surface area contributed by atoms with Crippen LogP contribution in [0.2, 0.25) is 0 Å². The highest BCUT2D eigenvalue weighted by molar-refractivity contribution is 6.04. The van der Waals surface area contributed by atoms with E-state index in [4.69, 9.17) is 65.8 Å². The van der Waals surface area contributed by atoms with Gasteiger partial charge < -0.3 is 70.7 Å². The van der Waals surface area contributed by atoms with Crippen LogP contribution < -0.4 is 26.6 Å². The van der Waals surface area contributed by atoms with E-state index in [9.17, 15) is 28.8 Å². The Balaban J connectivity index is 0.000000179. The second kappa shape index (κ2) is 33.5. The topological polar surface area (TPSA) is 367 Å². The van der Waals surface area contributed by atoms with Gasteiger partial charge in [-0.3, -0.25) is 14.6 Å². The Bertz CT molecular complexity index is 5990. The van der Waals surface area contributed by atoms with Crippen LogP contribution in [0.25, 0.3) is 83.9 Å². The molecule has 28 heteroatoms. The van der Waals surface area contributed by atoms with Crippen molar-refractivity contribution in [2.45, 2.75) is 204 Å². The molecule has 5 aromatic heterocycles. The molecule has 9 aromatic rings. The zero-order valence-corrected chi connectivity index (χ0v) is 65.4. The molecule has 0 spiro atoms. The molecular weight excluding hydrogens is 1470 g/mol. The maximum Gasteiger partial charge on any atom is 0.407 e. The van der Waals surface area contributed by atoms with Gasteiger partial charge >= 0.3 is 24.2 Å². The van der Waals surface area contributed by atoms with Crippen molar-refractivity contribution in [2.24, 2.45) is 22.7 Å². The number of likely N-dealkylation sites (tertiary alicyclic amines) is 2. The molecule has 4 aliphatic carbocycles. The molecule has 5 unspecified atom stereocenters. The zero-order chi connectivity index (χ0) is 93.8. The summed E-state index contributed by atoms with van der Waals surface area (Å²) >= 11 is 0. The van der Waals surface area contributed by atoms with Crippen molar-refractivity contribution in [3.05, 3.63) is 143 Å². The maximum atomic E-state index is 14.4. The second-order valence-electron chi connectivity index (χ2n) is 31.3. The Labute approximate surface area is 694 Å². The number of aliphatic carboxylic acids is 1. The van der Waals surface area contributed by atoms with Gasteiger partial charge in [0.25, 0.3) is 0 Å². The van der Waals surface area contributed by atoms with Crippen molar-refractivity contribution in [3.63, 3.8) is 0 Å². The number of allylic oxidation sites excluding steroid dienone is 1. The first-order chi connectivity index (χ1) is 61.9. The normalized spacial score (nSPS) is 26.0. The van der Waals surface area contributed by atoms with E-state index in [1.165, 1.54) is 62.6 Å². The van der Waals surface area contributed by atoms with Crippen molar-refractivity contribution >= 4 is 69.4 Å². The average molecular weight is 1590 g/mol. The van der Waals surface area contributed by atoms with Gasteiger partial charge in [0, 0.05) is 70.1 Å². The predicted octanol–water partition coefficient (Wildman–Crippen LogP) is 14.4. The summed E-state index contributed by atoms with van der Waals surface area (Å²) in [6.45, 7) is -4.55. The molecule has 116 heavy (non-hydrogen) atoms. The number of methoxy groups -OCH3 is 3. The molecule has 606 valence electrons. The molecule has 0 radical (unpaired) electrons. The number of carbonyl (C=O) groups is 6. The summed E-state index contributed by atoms with van der Waals surface area (Å²) in [7, 11) is 2.97. The minimum atomic E-state index is -3.81. The summed E-state index contributed by atoms with van der Waals surface area (Å²) < 4.78 is 133. The predicted molar refractivity (Wildman–Crippen MR) is 440 cm³/mol. The minimum Gasteiger partial charge on any atom is -0.480 e. The highest BCUT2D eigenvalue weighted by Gasteiger charge is 2.45. The molecule has 6 fully saturated rings. The standard InChI is InChI=1S/C48H57N9O6.C33H34N8.C7H13NO4/c1-25(2)40(52-47(60)62-5)45(58)56-19-7-9-36(56)35-23-32(24-49-35)27-11-13-28(14-12-27)42-38-29-15-16-30(21-29)39(38)43(55-54-42)31-17-18-33-34(22-31)51-44(50-33)37-10-8-20-57(37)46(59)41(26(3)4)53-48(61)63-6;1-3-24(34-13-1)32-36-17-27(39-32)18-5-7-19(8-6-18)30-28-20-9-10-21(15-20)29(28)31(41-40-30)22-11-12-23-26(16-22)38-33(37-23)25-4-2-14-35-25;1-4(2)5(6(9)10)8-7(11)12-3/h11-14,17-18,22,24-26,29-30,36-37,40-41H,7-10,15-16,19-21,23H2,1-6H3,(H,50,51)(H,52,60)(H,53,61);5-8,11-12,16-17,20-21,24-25,34-35H,1-4,9-10,13-15H2,(H,36,39)(H,37,38);4-5H,1-3H3,(H,8,11)(H,9,10)/t29?,30?,36-,37-,40-,41-;20?,21?,24-,25-;5-/m000/s1/i3D3,4D3,25D,26D,40D,41D;;1D3,4D,5D/t2m;4?,5-. The van der Waals surface area contributed by atoms with E-state index in [0.29, 0.717) is 79.5 Å². The number of fused-ring (bicyclic) bond motifs is 12. The molecule has 4 aromatic carbocycles. The molecule has 10 heterocycles. The lowest BCUT2D eigenvalue weighted by Gasteiger charge is -2.31. The molecular formula is C88H104N18O10. The van der Waals surface area contributed by atoms with Crippen LogP contribution in [0, 0.1) is 17.7 Å². The Hall–Kier alpha value is -11.3. The Morgan fingerprint density at radius 3 is 1.42 bits per heavy atom. The lowest BCUT2D eigenvalue weighted by molar-refractivity contribution is -0.140. The number of aliphatic imine (C=N–C) groups is 1. The third kappa shape index (κ3) is 15.6. The van der Waals surface area contributed by atoms with Gasteiger partial charge in [0.1, 0.15) is 35.5 Å². The van der Waals surface area contributed by atoms with Crippen LogP contribution in [0.4, 0.5) is 14.4 Å². The number of hydrogen-bond acceptors (Lipinski definition) is 19. The molecule has 2 saturated carbocycles. The Morgan fingerprint density at radius 2 is 0.940 bits per heavy atom. The van der Waals surface area contributed by atoms with Gasteiger partial charge in [-0.25, -0.2) is 34.1 Å². The molecule has 18 rings (SSSR count). The van der Waals surface area contributed by atoms with Gasteiger partial charge in [-0.1, -0.05) is 102 Å². The second-order valence-corrected chi connectivity index (χ2v) is 31.3. The number of alkyl carbamates (subject to hydrolysis) is 3. The van der Waals surface area contributed by atoms with Crippen molar-refractivity contribution < 1.29 is 68.6 Å². The number of rotatable bonds is 19. The Morgan fingerprint density at radius 1 is 0.500 bits per heavy atom. The first kappa shape index (κ1) is 62.1. The summed E-state index contributed by atoms with van der Waals surface area (Å²) in [6.07, 6.45) is 13.9. The molecule has 12 atom stereocenters. The van der Waals surface area contributed by atoms with Crippen LogP contribution in [-0.4, -0.2) is 179 Å². The quantitative estimate of drug-likeness (QED) is 0.0340. The highest BCUT2D eigenvalue weighted by atomic mass is 16.5. The first-order valence-electron chi connectivity index (χ1n) is 47.2. The summed E-state index contributed by atoms with van der Waals surface area (Å²) in [5.74, 6) is -8.20. The lowest BCUT2D eigenvalue weighted by Crippen LogP contribution is -2.53. The molecule has 4 bridgehead atoms. The number of aromatic amines is 3. The third-order valence-electron chi connectivity index (χ3n) is 24.0. The van der Waals surface area contributed by atoms with Crippen LogP contribution in [-0.2, 0) is 28.6 Å². The maximum absolute atomic E-state index is 14.4. The summed E-state index contributed by atoms with van der Waals surface area (Å²) in [6, 6.07) is 19.5. The molecule has 5 amide bonds. The van der Waals surface area contributed by atoms with Crippen LogP contribution in [0.15, 0.2) is 102 Å². The summed E-state index contributed by atoms with van der Waals surface area (Å²) in [5, 5.41) is 41.1. The molecule has 9 N–H and O–H groups in total. The SMILES string of the molecule is [2H]C([2H])([2H])C([2H])(C([2H])([2H])[2H])[C@]([2H])(NC(=O)OC)C(=O)N1CCC[C@H]1c1nc2ccc(-c3nnc(-c4ccc(C5=CN=C([C@@H]6CCCN6C(=O)[C@@]([2H])(NC(=O)OC)C([2H])(C)C)C5)cc4)c4c3C3CCC4C3)cc2[nH]1.[2H]C([2H])([2H])C([2H])(C)[C@]([2H])(NC(=O)OC)C(=O)O.c1cc(-c2nnc(-c3ccc4nc([C@@H]5CCCN5)[nH]c4c3)c3c2C2CCC3C2)ccc1-c1cnc([C@@H]2CCCN2)[nH]1. The molecule has 9 aliphatic rings. The van der Waals surface area contributed by atoms with Crippen LogP contribution in [0.3, 0.4) is 0 Å². The van der Waals surface area contributed by atoms with Gasteiger partial charge in [-0.15, -0.1) is 20.4 Å². The van der Waals surface area contributed by atoms with Gasteiger partial charge in [0.15, 0.2) is 0 Å². The average Bonchev–Trinajstić information content (AvgIpc) is 1.44. The number of carboxylic acid groups (broad SMARTS) is 1. The van der Waals surface area contributed by atoms with Gasteiger partial charge in [-0.2, -0.15) is 0 Å². The van der Waals surface area contributed by atoms with E-state index in [2.05, 4.69) is 87.8 Å². The first-order valence-corrected chi connectivity index (χ1v) is 39.7. The highest BCUT2D eigenvalue weighted by Crippen LogP contribution is 2.59. The third-order valence-corrected chi connectivity index (χ3v) is 24.0. The number of nitrogens with one attached hydrogen (secondary N) is 8. The number of aromatic nitrogens is 10. The van der Waals surface area contributed by atoms with E-state index in [0.717, 1.165) is 180 Å². The molecule has 5 aliphatic heterocycles. The monoisotopic (exact) mass is 1590 g/mol. The Kier molecular flexibility index (Phi) is 17.9. The van der Waals surface area contributed by atoms with Crippen molar-refractivity contribution in [3.8, 4) is 56.3 Å². The van der Waals surface area contributed by atoms with Gasteiger partial charge in [0.05, 0.1) is 106 Å². The number of imidazole rings is 3. The van der Waals surface area contributed by atoms with E-state index < -0.39 is 104 Å². The molecule has 4 saturated heterocycles. The number of hydrogen-bond donors (Lipinski definition) is 9. The zero-order valence-electron chi connectivity index (χ0n) is 80.4. The fourth-order valence-corrected chi connectivity index (χ4v) is 18.4. The van der Waals surface area contributed by atoms with Crippen molar-refractivity contribution in [2.75, 3.05) is 47.5 Å². The van der Waals surface area contributed by atoms with E-state index >= 15 is 0 Å². The molecule has 28 nitrogen and oxygen atoms in total. The summed E-state index contributed by atoms with van der Waals surface area (Å²) in [5.41, 5.74) is 20.9. The number of nitrogens with zero attached hydrogens (tertiary/aromatic N) is 10. The van der Waals surface area contributed by atoms with Crippen LogP contribution in [0.5, 0.6) is 0 Å². The largest absolute Gasteiger partial charge is 0.480 e. The fraction of sp³-hybridized carbons (Fsp3) is 0.477. The van der Waals surface area contributed by atoms with Crippen LogP contribution in [0.1, 0.15) is 245 Å². The van der Waals surface area contributed by atoms with E-state index in [-0.39, 0.29) is 18.3 Å². The summed E-state index contributed by atoms with van der Waals surface area (Å²) in [4.78, 5) is 107. The van der Waals surface area contributed by atoms with Crippen molar-refractivity contribution in [1.29, 1.82) is 0 Å². The smallest absolute Gasteiger partial charge is 0.407 e. The van der Waals surface area contributed by atoms with E-state index in [1.807, 2.05) is 54.0 Å². The lowest BCUT2D eigenvalue weighted by atomic mass is 9.86. The fourth-order valence-electron chi connectivity index (χ4n) is 18.4. The number of carboxylic acids is 1. The van der Waals surface area contributed by atoms with Crippen molar-refractivity contribution in [1.82, 2.24) is 86.7 Å². The number of ether oxygens (including phenoxy) is 3. The number of benzene rings is 4. The number of amides is 5. The number of H-pyrrole nitrogens is 3.